The molecular weight excluding hydrogens is 219 g/mol. The van der Waals surface area contributed by atoms with Crippen molar-refractivity contribution >= 4 is 12.4 Å². The van der Waals surface area contributed by atoms with Gasteiger partial charge in [0.2, 0.25) is 0 Å². The highest BCUT2D eigenvalue weighted by atomic mass is 31.2. The van der Waals surface area contributed by atoms with Crippen LogP contribution in [-0.4, -0.2) is 24.5 Å². The van der Waals surface area contributed by atoms with Crippen LogP contribution in [-0.2, 0) is 4.57 Å². The molecule has 0 spiro atoms. The standard InChI is InChI=1S/C13H19O2P/c1-9(14)12-8-13(12)10-4-6-11(7-5-10)16(2,3)15/h4-7,9,12-14H,8H2,1-3H3. The maximum atomic E-state index is 11.8. The molecule has 3 heteroatoms. The Morgan fingerprint density at radius 2 is 1.88 bits per heavy atom. The Labute approximate surface area is 97.1 Å². The molecule has 16 heavy (non-hydrogen) atoms. The summed E-state index contributed by atoms with van der Waals surface area (Å²) in [7, 11) is -2.13. The Morgan fingerprint density at radius 1 is 1.31 bits per heavy atom. The third kappa shape index (κ3) is 2.39. The molecule has 1 saturated carbocycles. The Hall–Kier alpha value is -0.590. The third-order valence-corrected chi connectivity index (χ3v) is 4.94. The Balaban J connectivity index is 2.13. The largest absolute Gasteiger partial charge is 0.393 e. The molecule has 0 heterocycles. The lowest BCUT2D eigenvalue weighted by Gasteiger charge is -2.08. The van der Waals surface area contributed by atoms with Gasteiger partial charge in [-0.05, 0) is 44.1 Å². The summed E-state index contributed by atoms with van der Waals surface area (Å²) >= 11 is 0. The summed E-state index contributed by atoms with van der Waals surface area (Å²) in [5.41, 5.74) is 1.27. The van der Waals surface area contributed by atoms with Gasteiger partial charge in [0.05, 0.1) is 6.10 Å². The van der Waals surface area contributed by atoms with Gasteiger partial charge in [-0.25, -0.2) is 0 Å². The van der Waals surface area contributed by atoms with E-state index in [-0.39, 0.29) is 6.10 Å². The van der Waals surface area contributed by atoms with E-state index in [1.165, 1.54) is 5.56 Å². The van der Waals surface area contributed by atoms with Crippen LogP contribution in [0.1, 0.15) is 24.8 Å². The summed E-state index contributed by atoms with van der Waals surface area (Å²) in [5, 5.41) is 10.4. The highest BCUT2D eigenvalue weighted by Gasteiger charge is 2.41. The van der Waals surface area contributed by atoms with Crippen molar-refractivity contribution in [2.75, 3.05) is 13.3 Å². The molecule has 1 aromatic carbocycles. The Bertz CT molecular complexity index is 416. The molecule has 0 bridgehead atoms. The van der Waals surface area contributed by atoms with Crippen molar-refractivity contribution in [1.29, 1.82) is 0 Å². The number of rotatable bonds is 3. The van der Waals surface area contributed by atoms with Crippen molar-refractivity contribution in [3.63, 3.8) is 0 Å². The minimum Gasteiger partial charge on any atom is -0.393 e. The van der Waals surface area contributed by atoms with E-state index in [0.717, 1.165) is 11.7 Å². The molecule has 1 N–H and O–H groups in total. The summed E-state index contributed by atoms with van der Waals surface area (Å²) in [6, 6.07) is 8.05. The molecule has 3 atom stereocenters. The molecule has 0 saturated heterocycles. The Kier molecular flexibility index (Phi) is 2.98. The van der Waals surface area contributed by atoms with Gasteiger partial charge in [-0.3, -0.25) is 0 Å². The molecule has 2 nitrogen and oxygen atoms in total. The second-order valence-corrected chi connectivity index (χ2v) is 8.41. The minimum atomic E-state index is -2.13. The summed E-state index contributed by atoms with van der Waals surface area (Å²) in [6.07, 6.45) is 0.862. The number of aliphatic hydroxyl groups is 1. The monoisotopic (exact) mass is 238 g/mol. The van der Waals surface area contributed by atoms with Gasteiger partial charge in [-0.15, -0.1) is 0 Å². The minimum absolute atomic E-state index is 0.215. The first-order valence-corrected chi connectivity index (χ1v) is 8.33. The van der Waals surface area contributed by atoms with Crippen LogP contribution in [0.2, 0.25) is 0 Å². The van der Waals surface area contributed by atoms with E-state index in [4.69, 9.17) is 0 Å². The fourth-order valence-electron chi connectivity index (χ4n) is 2.21. The summed E-state index contributed by atoms with van der Waals surface area (Å²) in [4.78, 5) is 0. The SMILES string of the molecule is CC(O)C1CC1c1ccc(P(C)(C)=O)cc1. The molecule has 0 amide bonds. The van der Waals surface area contributed by atoms with Gasteiger partial charge in [-0.1, -0.05) is 24.3 Å². The average Bonchev–Trinajstić information content (AvgIpc) is 2.96. The second kappa shape index (κ2) is 4.01. The first-order valence-electron chi connectivity index (χ1n) is 5.73. The van der Waals surface area contributed by atoms with Crippen LogP contribution in [0.15, 0.2) is 24.3 Å². The van der Waals surface area contributed by atoms with Gasteiger partial charge in [0.15, 0.2) is 0 Å². The van der Waals surface area contributed by atoms with Crippen LogP contribution in [0.3, 0.4) is 0 Å². The zero-order chi connectivity index (χ0) is 11.9. The van der Waals surface area contributed by atoms with E-state index >= 15 is 0 Å². The van der Waals surface area contributed by atoms with Crippen LogP contribution < -0.4 is 5.30 Å². The lowest BCUT2D eigenvalue weighted by Crippen LogP contribution is -2.05. The van der Waals surface area contributed by atoms with E-state index in [9.17, 15) is 9.67 Å². The van der Waals surface area contributed by atoms with Crippen molar-refractivity contribution in [3.05, 3.63) is 29.8 Å². The van der Waals surface area contributed by atoms with Gasteiger partial charge in [0, 0.05) is 5.30 Å². The summed E-state index contributed by atoms with van der Waals surface area (Å²) < 4.78 is 11.8. The molecule has 3 unspecified atom stereocenters. The van der Waals surface area contributed by atoms with E-state index in [2.05, 4.69) is 12.1 Å². The number of hydrogen-bond donors (Lipinski definition) is 1. The molecule has 0 aromatic heterocycles. The first-order chi connectivity index (χ1) is 7.39. The van der Waals surface area contributed by atoms with Crippen LogP contribution in [0.5, 0.6) is 0 Å². The molecule has 2 rings (SSSR count). The lowest BCUT2D eigenvalue weighted by atomic mass is 10.1. The van der Waals surface area contributed by atoms with E-state index < -0.39 is 7.14 Å². The molecule has 1 aromatic rings. The van der Waals surface area contributed by atoms with Gasteiger partial charge >= 0.3 is 0 Å². The molecule has 1 aliphatic carbocycles. The second-order valence-electron chi connectivity index (χ2n) is 5.19. The van der Waals surface area contributed by atoms with Crippen LogP contribution in [0.4, 0.5) is 0 Å². The van der Waals surface area contributed by atoms with Crippen LogP contribution in [0.25, 0.3) is 0 Å². The van der Waals surface area contributed by atoms with Crippen molar-refractivity contribution < 1.29 is 9.67 Å². The normalized spacial score (nSPS) is 26.5. The first kappa shape index (κ1) is 11.9. The van der Waals surface area contributed by atoms with Gasteiger partial charge in [-0.2, -0.15) is 0 Å². The maximum Gasteiger partial charge on any atom is 0.109 e. The molecule has 1 aliphatic rings. The van der Waals surface area contributed by atoms with Crippen molar-refractivity contribution in [1.82, 2.24) is 0 Å². The highest BCUT2D eigenvalue weighted by molar-refractivity contribution is 7.70. The van der Waals surface area contributed by atoms with E-state index in [1.807, 2.05) is 19.1 Å². The van der Waals surface area contributed by atoms with Gasteiger partial charge in [0.25, 0.3) is 0 Å². The van der Waals surface area contributed by atoms with Gasteiger partial charge in [0.1, 0.15) is 7.14 Å². The lowest BCUT2D eigenvalue weighted by molar-refractivity contribution is 0.169. The number of aliphatic hydroxyl groups excluding tert-OH is 1. The maximum absolute atomic E-state index is 11.8. The predicted molar refractivity (Wildman–Crippen MR) is 68.1 cm³/mol. The third-order valence-electron chi connectivity index (χ3n) is 3.40. The van der Waals surface area contributed by atoms with E-state index in [1.54, 1.807) is 13.3 Å². The van der Waals surface area contributed by atoms with E-state index in [0.29, 0.717) is 11.8 Å². The van der Waals surface area contributed by atoms with Crippen LogP contribution in [0, 0.1) is 5.92 Å². The summed E-state index contributed by atoms with van der Waals surface area (Å²) in [5.74, 6) is 0.919. The molecule has 0 aliphatic heterocycles. The molecule has 0 radical (unpaired) electrons. The quantitative estimate of drug-likeness (QED) is 0.821. The number of benzene rings is 1. The zero-order valence-electron chi connectivity index (χ0n) is 10.1. The van der Waals surface area contributed by atoms with Crippen LogP contribution >= 0.6 is 7.14 Å². The highest BCUT2D eigenvalue weighted by Crippen LogP contribution is 2.49. The fraction of sp³-hybridized carbons (Fsp3) is 0.538. The fourth-order valence-corrected chi connectivity index (χ4v) is 3.08. The topological polar surface area (TPSA) is 37.3 Å². The Morgan fingerprint density at radius 3 is 2.25 bits per heavy atom. The average molecular weight is 238 g/mol. The predicted octanol–water partition coefficient (Wildman–Crippen LogP) is 2.42. The van der Waals surface area contributed by atoms with Crippen molar-refractivity contribution in [2.24, 2.45) is 5.92 Å². The molecule has 1 fully saturated rings. The number of hydrogen-bond acceptors (Lipinski definition) is 2. The smallest absolute Gasteiger partial charge is 0.109 e. The molecular formula is C13H19O2P. The molecule has 88 valence electrons. The zero-order valence-corrected chi connectivity index (χ0v) is 10.9. The van der Waals surface area contributed by atoms with Crippen molar-refractivity contribution in [3.8, 4) is 0 Å². The van der Waals surface area contributed by atoms with Crippen molar-refractivity contribution in [2.45, 2.75) is 25.4 Å². The summed E-state index contributed by atoms with van der Waals surface area (Å²) in [6.45, 7) is 5.43. The van der Waals surface area contributed by atoms with Gasteiger partial charge < -0.3 is 9.67 Å².